The third kappa shape index (κ3) is 8.29. The van der Waals surface area contributed by atoms with Crippen LogP contribution in [0.1, 0.15) is 42.9 Å². The summed E-state index contributed by atoms with van der Waals surface area (Å²) < 4.78 is 42.7. The fourth-order valence-electron chi connectivity index (χ4n) is 4.89. The number of carbonyl (C=O) groups excluding carboxylic acids is 1. The predicted octanol–water partition coefficient (Wildman–Crippen LogP) is 6.20. The highest BCUT2D eigenvalue weighted by molar-refractivity contribution is 8.15. The lowest BCUT2D eigenvalue weighted by Gasteiger charge is -2.23. The molecule has 5 rings (SSSR count). The highest BCUT2D eigenvalue weighted by Crippen LogP contribution is 2.34. The van der Waals surface area contributed by atoms with E-state index in [1.807, 2.05) is 49.4 Å². The number of nitrogens with zero attached hydrogens (tertiary/aromatic N) is 5. The molecule has 0 spiro atoms. The second-order valence-electron chi connectivity index (χ2n) is 10.8. The van der Waals surface area contributed by atoms with E-state index in [9.17, 15) is 23.1 Å². The van der Waals surface area contributed by atoms with Gasteiger partial charge in [-0.05, 0) is 85.3 Å². The quantitative estimate of drug-likeness (QED) is 0.149. The molecule has 13 heteroatoms. The third-order valence-corrected chi connectivity index (χ3v) is 7.97. The van der Waals surface area contributed by atoms with Crippen LogP contribution in [0.4, 0.5) is 18.9 Å². The molecule has 3 aromatic carbocycles. The summed E-state index contributed by atoms with van der Waals surface area (Å²) in [7, 11) is 0. The van der Waals surface area contributed by atoms with Crippen molar-refractivity contribution in [2.45, 2.75) is 52.2 Å². The monoisotopic (exact) mass is 638 g/mol. The Morgan fingerprint density at radius 3 is 2.62 bits per heavy atom. The average Bonchev–Trinajstić information content (AvgIpc) is 3.62. The number of alkyl halides is 3. The summed E-state index contributed by atoms with van der Waals surface area (Å²) in [4.78, 5) is 23.2. The fourth-order valence-corrected chi connectivity index (χ4v) is 5.78. The van der Waals surface area contributed by atoms with Crippen molar-refractivity contribution >= 4 is 28.5 Å². The Hall–Kier alpha value is -4.20. The number of nitrogens with one attached hydrogen (secondary N) is 1. The number of aromatic nitrogens is 3. The number of aryl methyl sites for hydroxylation is 2. The minimum Gasteiger partial charge on any atom is -0.406 e. The van der Waals surface area contributed by atoms with Crippen molar-refractivity contribution < 1.29 is 27.8 Å². The molecule has 1 aliphatic rings. The van der Waals surface area contributed by atoms with Crippen LogP contribution >= 0.6 is 11.8 Å². The van der Waals surface area contributed by atoms with Gasteiger partial charge >= 0.3 is 6.36 Å². The van der Waals surface area contributed by atoms with Crippen molar-refractivity contribution in [3.8, 4) is 22.8 Å². The minimum atomic E-state index is -4.75. The first kappa shape index (κ1) is 32.2. The molecule has 0 aliphatic carbocycles. The molecule has 236 valence electrons. The molecule has 0 radical (unpaired) electrons. The number of anilines is 1. The van der Waals surface area contributed by atoms with Gasteiger partial charge in [-0.1, -0.05) is 55.9 Å². The topological polar surface area (TPSA) is 105 Å². The Morgan fingerprint density at radius 1 is 1.11 bits per heavy atom. The van der Waals surface area contributed by atoms with Crippen LogP contribution in [0.5, 0.6) is 5.75 Å². The first-order valence-electron chi connectivity index (χ1n) is 14.4. The third-order valence-electron chi connectivity index (χ3n) is 7.03. The van der Waals surface area contributed by atoms with E-state index < -0.39 is 12.7 Å². The zero-order valence-electron chi connectivity index (χ0n) is 25.0. The molecule has 0 saturated carbocycles. The van der Waals surface area contributed by atoms with Crippen LogP contribution in [0.25, 0.3) is 17.1 Å². The van der Waals surface area contributed by atoms with Crippen molar-refractivity contribution in [3.05, 3.63) is 89.7 Å². The van der Waals surface area contributed by atoms with Gasteiger partial charge in [0.2, 0.25) is 12.3 Å². The maximum atomic E-state index is 12.8. The number of amidine groups is 1. The van der Waals surface area contributed by atoms with Crippen molar-refractivity contribution in [1.82, 2.24) is 20.1 Å². The van der Waals surface area contributed by atoms with E-state index in [0.717, 1.165) is 27.9 Å². The van der Waals surface area contributed by atoms with Gasteiger partial charge in [-0.3, -0.25) is 15.0 Å². The first-order valence-corrected chi connectivity index (χ1v) is 15.4. The lowest BCUT2D eigenvalue weighted by Crippen LogP contribution is -2.34. The molecular weight excluding hydrogens is 605 g/mol. The SMILES string of the molecule is Cc1ccc(C(C)C)c(N2C(=O)CS/C2=N\C(O)NCCCc2cccc(-c3ncn(-c4ccc(OC(F)(F)F)cc4)n3)c2)c1. The van der Waals surface area contributed by atoms with E-state index in [1.54, 1.807) is 4.90 Å². The molecule has 2 heterocycles. The van der Waals surface area contributed by atoms with Crippen molar-refractivity contribution in [1.29, 1.82) is 0 Å². The van der Waals surface area contributed by atoms with Gasteiger partial charge in [0.25, 0.3) is 0 Å². The number of thioether (sulfide) groups is 1. The normalized spacial score (nSPS) is 15.3. The molecule has 1 amide bonds. The van der Waals surface area contributed by atoms with Crippen molar-refractivity contribution in [2.24, 2.45) is 4.99 Å². The van der Waals surface area contributed by atoms with E-state index in [1.165, 1.54) is 47.0 Å². The molecule has 1 aliphatic heterocycles. The Balaban J connectivity index is 1.16. The van der Waals surface area contributed by atoms with Gasteiger partial charge in [-0.15, -0.1) is 18.3 Å². The van der Waals surface area contributed by atoms with Crippen molar-refractivity contribution in [3.63, 3.8) is 0 Å². The zero-order chi connectivity index (χ0) is 32.1. The van der Waals surface area contributed by atoms with Crippen molar-refractivity contribution in [2.75, 3.05) is 17.2 Å². The number of benzene rings is 3. The highest BCUT2D eigenvalue weighted by Gasteiger charge is 2.32. The predicted molar refractivity (Wildman–Crippen MR) is 168 cm³/mol. The largest absolute Gasteiger partial charge is 0.573 e. The highest BCUT2D eigenvalue weighted by atomic mass is 32.2. The summed E-state index contributed by atoms with van der Waals surface area (Å²) >= 11 is 1.31. The minimum absolute atomic E-state index is 0.0638. The van der Waals surface area contributed by atoms with Gasteiger partial charge < -0.3 is 9.84 Å². The number of hydrogen-bond donors (Lipinski definition) is 2. The second kappa shape index (κ2) is 13.8. The van der Waals surface area contributed by atoms with Gasteiger partial charge in [0, 0.05) is 5.56 Å². The van der Waals surface area contributed by atoms with Crippen LogP contribution in [-0.2, 0) is 11.2 Å². The number of aliphatic imine (C=N–C) groups is 1. The summed E-state index contributed by atoms with van der Waals surface area (Å²) in [5, 5.41) is 18.6. The molecule has 4 aromatic rings. The second-order valence-corrected chi connectivity index (χ2v) is 11.8. The molecule has 1 saturated heterocycles. The number of hydrogen-bond acceptors (Lipinski definition) is 8. The zero-order valence-corrected chi connectivity index (χ0v) is 25.8. The molecule has 2 N–H and O–H groups in total. The summed E-state index contributed by atoms with van der Waals surface area (Å²) in [6, 6.07) is 19.2. The smallest absolute Gasteiger partial charge is 0.406 e. The number of ether oxygens (including phenoxy) is 1. The Bertz CT molecular complexity index is 1670. The number of aliphatic hydroxyl groups excluding tert-OH is 1. The molecule has 9 nitrogen and oxygen atoms in total. The van der Waals surface area contributed by atoms with Gasteiger partial charge in [0.15, 0.2) is 11.0 Å². The number of aliphatic hydroxyl groups is 1. The van der Waals surface area contributed by atoms with E-state index in [2.05, 4.69) is 39.0 Å². The summed E-state index contributed by atoms with van der Waals surface area (Å²) in [6.45, 7) is 6.63. The van der Waals surface area contributed by atoms with E-state index in [0.29, 0.717) is 36.1 Å². The molecule has 1 fully saturated rings. The number of halogens is 3. The van der Waals surface area contributed by atoms with Crippen LogP contribution < -0.4 is 15.0 Å². The van der Waals surface area contributed by atoms with E-state index in [4.69, 9.17) is 0 Å². The molecule has 45 heavy (non-hydrogen) atoms. The fraction of sp³-hybridized carbons (Fsp3) is 0.312. The average molecular weight is 639 g/mol. The van der Waals surface area contributed by atoms with Crippen LogP contribution in [0.2, 0.25) is 0 Å². The summed E-state index contributed by atoms with van der Waals surface area (Å²) in [5.74, 6) is 0.579. The molecule has 1 atom stereocenters. The summed E-state index contributed by atoms with van der Waals surface area (Å²) in [6.07, 6.45) is -3.00. The van der Waals surface area contributed by atoms with Gasteiger partial charge in [-0.2, -0.15) is 0 Å². The number of amides is 1. The van der Waals surface area contributed by atoms with E-state index >= 15 is 0 Å². The lowest BCUT2D eigenvalue weighted by molar-refractivity contribution is -0.274. The first-order chi connectivity index (χ1) is 21.5. The Labute approximate surface area is 263 Å². The maximum absolute atomic E-state index is 12.8. The molecule has 1 unspecified atom stereocenters. The molecule has 0 bridgehead atoms. The molecular formula is C32H33F3N6O3S. The number of carbonyl (C=O) groups is 1. The van der Waals surface area contributed by atoms with Crippen LogP contribution in [0, 0.1) is 6.92 Å². The maximum Gasteiger partial charge on any atom is 0.573 e. The Morgan fingerprint density at radius 2 is 1.89 bits per heavy atom. The summed E-state index contributed by atoms with van der Waals surface area (Å²) in [5.41, 5.74) is 5.27. The Kier molecular flexibility index (Phi) is 9.90. The lowest BCUT2D eigenvalue weighted by atomic mass is 9.99. The van der Waals surface area contributed by atoms with Crippen LogP contribution in [0.15, 0.2) is 78.0 Å². The number of rotatable bonds is 11. The van der Waals surface area contributed by atoms with Crippen LogP contribution in [-0.4, -0.2) is 56.0 Å². The van der Waals surface area contributed by atoms with Gasteiger partial charge in [-0.25, -0.2) is 14.7 Å². The molecule has 1 aromatic heterocycles. The van der Waals surface area contributed by atoms with Gasteiger partial charge in [0.05, 0.1) is 17.1 Å². The van der Waals surface area contributed by atoms with E-state index in [-0.39, 0.29) is 23.3 Å². The standard InChI is InChI=1S/C32H33F3N6O3S/c1-20(2)26-14-9-21(3)16-27(26)41-28(42)18-45-31(41)38-30(43)36-15-5-7-22-6-4-8-23(17-22)29-37-19-40(39-29)24-10-12-25(13-11-24)44-32(33,34)35/h4,6,8-14,16-17,19-20,30,36,43H,5,7,15,18H2,1-3H3/b38-31-. The van der Waals surface area contributed by atoms with Gasteiger partial charge in [0.1, 0.15) is 12.1 Å². The van der Waals surface area contributed by atoms with Crippen LogP contribution in [0.3, 0.4) is 0 Å².